The summed E-state index contributed by atoms with van der Waals surface area (Å²) < 4.78 is 0. The molecule has 1 aromatic heterocycles. The third-order valence-corrected chi connectivity index (χ3v) is 4.15. The van der Waals surface area contributed by atoms with E-state index in [4.69, 9.17) is 5.73 Å². The summed E-state index contributed by atoms with van der Waals surface area (Å²) in [6.45, 7) is 2.17. The van der Waals surface area contributed by atoms with Gasteiger partial charge < -0.3 is 15.9 Å². The van der Waals surface area contributed by atoms with Crippen LogP contribution < -0.4 is 5.73 Å². The number of aliphatic hydroxyl groups excluding tert-OH is 2. The number of aryl methyl sites for hydroxylation is 1. The Kier molecular flexibility index (Phi) is 7.05. The fourth-order valence-corrected chi connectivity index (χ4v) is 3.05. The van der Waals surface area contributed by atoms with Gasteiger partial charge in [-0.05, 0) is 29.9 Å². The largest absolute Gasteiger partial charge is 0.389 e. The van der Waals surface area contributed by atoms with Crippen LogP contribution in [0.25, 0.3) is 0 Å². The Hall–Kier alpha value is -0.910. The van der Waals surface area contributed by atoms with Crippen molar-refractivity contribution in [1.29, 1.82) is 0 Å². The highest BCUT2D eigenvalue weighted by Gasteiger charge is 2.23. The standard InChI is InChI=1S/C14H23NO3S/c1-2-3-4-5-6-10-7-8-19-14(10)13(18)11(16)9-12(15)17/h7-8,11,13,16,18H,2-6,9H2,1H3,(H2,15,17). The van der Waals surface area contributed by atoms with Crippen molar-refractivity contribution in [1.82, 2.24) is 0 Å². The molecule has 4 nitrogen and oxygen atoms in total. The summed E-state index contributed by atoms with van der Waals surface area (Å²) >= 11 is 1.41. The van der Waals surface area contributed by atoms with Crippen molar-refractivity contribution in [3.8, 4) is 0 Å². The van der Waals surface area contributed by atoms with E-state index in [-0.39, 0.29) is 6.42 Å². The summed E-state index contributed by atoms with van der Waals surface area (Å²) in [4.78, 5) is 11.5. The van der Waals surface area contributed by atoms with Gasteiger partial charge in [-0.1, -0.05) is 26.2 Å². The van der Waals surface area contributed by atoms with E-state index in [0.717, 1.165) is 23.3 Å². The predicted octanol–water partition coefficient (Wildman–Crippen LogP) is 2.14. The van der Waals surface area contributed by atoms with Gasteiger partial charge in [-0.2, -0.15) is 0 Å². The van der Waals surface area contributed by atoms with Crippen LogP contribution in [0, 0.1) is 0 Å². The van der Waals surface area contributed by atoms with Gasteiger partial charge in [0.05, 0.1) is 12.5 Å². The maximum absolute atomic E-state index is 10.8. The fourth-order valence-electron chi connectivity index (χ4n) is 2.05. The number of carbonyl (C=O) groups excluding carboxylic acids is 1. The first kappa shape index (κ1) is 16.1. The molecule has 0 aliphatic rings. The molecular weight excluding hydrogens is 262 g/mol. The average Bonchev–Trinajstić information content (AvgIpc) is 2.81. The molecule has 0 fully saturated rings. The zero-order valence-corrected chi connectivity index (χ0v) is 12.2. The first-order valence-corrected chi connectivity index (χ1v) is 7.65. The number of hydrogen-bond donors (Lipinski definition) is 3. The lowest BCUT2D eigenvalue weighted by atomic mass is 10.0. The van der Waals surface area contributed by atoms with E-state index in [1.54, 1.807) is 0 Å². The van der Waals surface area contributed by atoms with Crippen LogP contribution in [-0.2, 0) is 11.2 Å². The molecule has 19 heavy (non-hydrogen) atoms. The van der Waals surface area contributed by atoms with Crippen LogP contribution in [0.15, 0.2) is 11.4 Å². The Bertz CT molecular complexity index is 392. The number of amides is 1. The molecule has 0 spiro atoms. The summed E-state index contributed by atoms with van der Waals surface area (Å²) in [6, 6.07) is 1.98. The molecule has 0 aliphatic carbocycles. The number of hydrogen-bond acceptors (Lipinski definition) is 4. The van der Waals surface area contributed by atoms with Gasteiger partial charge in [-0.3, -0.25) is 4.79 Å². The lowest BCUT2D eigenvalue weighted by Crippen LogP contribution is -2.25. The third-order valence-electron chi connectivity index (χ3n) is 3.12. The lowest BCUT2D eigenvalue weighted by Gasteiger charge is -2.17. The topological polar surface area (TPSA) is 83.6 Å². The van der Waals surface area contributed by atoms with E-state index in [0.29, 0.717) is 0 Å². The minimum Gasteiger partial charge on any atom is -0.389 e. The zero-order valence-electron chi connectivity index (χ0n) is 11.3. The third kappa shape index (κ3) is 5.30. The highest BCUT2D eigenvalue weighted by Crippen LogP contribution is 2.29. The van der Waals surface area contributed by atoms with Gasteiger partial charge in [0.1, 0.15) is 6.10 Å². The van der Waals surface area contributed by atoms with Crippen molar-refractivity contribution < 1.29 is 15.0 Å². The first-order chi connectivity index (χ1) is 9.06. The van der Waals surface area contributed by atoms with Crippen LogP contribution in [-0.4, -0.2) is 22.2 Å². The number of primary amides is 1. The molecule has 1 rings (SSSR count). The molecule has 0 saturated heterocycles. The lowest BCUT2D eigenvalue weighted by molar-refractivity contribution is -0.121. The minimum absolute atomic E-state index is 0.214. The van der Waals surface area contributed by atoms with Gasteiger partial charge in [0.2, 0.25) is 5.91 Å². The molecule has 2 unspecified atom stereocenters. The number of aliphatic hydroxyl groups is 2. The van der Waals surface area contributed by atoms with Crippen molar-refractivity contribution in [3.05, 3.63) is 21.9 Å². The van der Waals surface area contributed by atoms with Crippen molar-refractivity contribution in [2.24, 2.45) is 5.73 Å². The number of carbonyl (C=O) groups is 1. The zero-order chi connectivity index (χ0) is 14.3. The molecule has 5 heteroatoms. The highest BCUT2D eigenvalue weighted by molar-refractivity contribution is 7.10. The predicted molar refractivity (Wildman–Crippen MR) is 76.9 cm³/mol. The molecule has 4 N–H and O–H groups in total. The van der Waals surface area contributed by atoms with Crippen molar-refractivity contribution in [2.75, 3.05) is 0 Å². The average molecular weight is 285 g/mol. The first-order valence-electron chi connectivity index (χ1n) is 6.77. The molecule has 0 bridgehead atoms. The van der Waals surface area contributed by atoms with Crippen LogP contribution >= 0.6 is 11.3 Å². The molecule has 2 atom stereocenters. The second-order valence-corrected chi connectivity index (χ2v) is 5.75. The Morgan fingerprint density at radius 3 is 2.74 bits per heavy atom. The molecule has 0 saturated carbocycles. The van der Waals surface area contributed by atoms with Crippen LogP contribution in [0.2, 0.25) is 0 Å². The van der Waals surface area contributed by atoms with Gasteiger partial charge in [0.25, 0.3) is 0 Å². The van der Waals surface area contributed by atoms with Gasteiger partial charge in [0.15, 0.2) is 0 Å². The summed E-state index contributed by atoms with van der Waals surface area (Å²) in [5.74, 6) is -0.604. The van der Waals surface area contributed by atoms with Gasteiger partial charge >= 0.3 is 0 Å². The summed E-state index contributed by atoms with van der Waals surface area (Å²) in [5.41, 5.74) is 6.10. The van der Waals surface area contributed by atoms with E-state index in [1.807, 2.05) is 11.4 Å². The van der Waals surface area contributed by atoms with Gasteiger partial charge in [-0.15, -0.1) is 11.3 Å². The maximum atomic E-state index is 10.8. The van der Waals surface area contributed by atoms with Crippen LogP contribution in [0.1, 0.15) is 55.6 Å². The van der Waals surface area contributed by atoms with Crippen LogP contribution in [0.4, 0.5) is 0 Å². The SMILES string of the molecule is CCCCCCc1ccsc1C(O)C(O)CC(N)=O. The van der Waals surface area contributed by atoms with Crippen LogP contribution in [0.5, 0.6) is 0 Å². The highest BCUT2D eigenvalue weighted by atomic mass is 32.1. The molecule has 0 aliphatic heterocycles. The second kappa shape index (κ2) is 8.30. The monoisotopic (exact) mass is 285 g/mol. The number of nitrogens with two attached hydrogens (primary N) is 1. The van der Waals surface area contributed by atoms with E-state index < -0.39 is 18.1 Å². The summed E-state index contributed by atoms with van der Waals surface area (Å²) in [5, 5.41) is 21.7. The molecule has 0 aromatic carbocycles. The van der Waals surface area contributed by atoms with E-state index in [9.17, 15) is 15.0 Å². The Morgan fingerprint density at radius 1 is 1.37 bits per heavy atom. The number of unbranched alkanes of at least 4 members (excludes halogenated alkanes) is 3. The molecule has 1 aromatic rings. The van der Waals surface area contributed by atoms with Crippen LogP contribution in [0.3, 0.4) is 0 Å². The fraction of sp³-hybridized carbons (Fsp3) is 0.643. The molecule has 1 heterocycles. The van der Waals surface area contributed by atoms with E-state index in [1.165, 1.54) is 30.6 Å². The normalized spacial score (nSPS) is 14.3. The van der Waals surface area contributed by atoms with Gasteiger partial charge in [-0.25, -0.2) is 0 Å². The quantitative estimate of drug-likeness (QED) is 0.608. The van der Waals surface area contributed by atoms with E-state index >= 15 is 0 Å². The molecule has 1 amide bonds. The number of thiophene rings is 1. The molecule has 108 valence electrons. The van der Waals surface area contributed by atoms with E-state index in [2.05, 4.69) is 6.92 Å². The van der Waals surface area contributed by atoms with Crippen molar-refractivity contribution in [2.45, 2.75) is 57.7 Å². The summed E-state index contributed by atoms with van der Waals surface area (Å²) in [6.07, 6.45) is 3.21. The van der Waals surface area contributed by atoms with Gasteiger partial charge in [0, 0.05) is 4.88 Å². The molecule has 0 radical (unpaired) electrons. The summed E-state index contributed by atoms with van der Waals surface area (Å²) in [7, 11) is 0. The number of rotatable bonds is 9. The van der Waals surface area contributed by atoms with Crippen molar-refractivity contribution in [3.63, 3.8) is 0 Å². The van der Waals surface area contributed by atoms with Crippen molar-refractivity contribution >= 4 is 17.2 Å². The Morgan fingerprint density at radius 2 is 2.11 bits per heavy atom. The Balaban J connectivity index is 2.57. The Labute approximate surface area is 118 Å². The smallest absolute Gasteiger partial charge is 0.220 e. The minimum atomic E-state index is -1.12. The molecular formula is C14H23NO3S. The maximum Gasteiger partial charge on any atom is 0.220 e. The second-order valence-electron chi connectivity index (χ2n) is 4.80.